The van der Waals surface area contributed by atoms with E-state index in [-0.39, 0.29) is 23.1 Å². The summed E-state index contributed by atoms with van der Waals surface area (Å²) < 4.78 is 10.4. The van der Waals surface area contributed by atoms with E-state index in [2.05, 4.69) is 6.58 Å². The molecule has 2 aliphatic heterocycles. The van der Waals surface area contributed by atoms with Crippen molar-refractivity contribution in [2.24, 2.45) is 5.73 Å². The Morgan fingerprint density at radius 3 is 1.61 bits per heavy atom. The number of nitrogens with zero attached hydrogens (tertiary/aromatic N) is 1. The second-order valence-electron chi connectivity index (χ2n) is 4.86. The third-order valence-electron chi connectivity index (χ3n) is 3.15. The molecule has 23 heavy (non-hydrogen) atoms. The van der Waals surface area contributed by atoms with Crippen LogP contribution in [-0.4, -0.2) is 106 Å². The summed E-state index contributed by atoms with van der Waals surface area (Å²) in [6, 6.07) is 0. The van der Waals surface area contributed by atoms with Crippen LogP contribution in [0.4, 0.5) is 0 Å². The lowest BCUT2D eigenvalue weighted by molar-refractivity contribution is 0.0692. The van der Waals surface area contributed by atoms with Crippen LogP contribution >= 0.6 is 0 Å². The van der Waals surface area contributed by atoms with E-state index in [1.54, 1.807) is 0 Å². The lowest BCUT2D eigenvalue weighted by atomic mass is 10.0. The Bertz CT molecular complexity index is 301. The monoisotopic (exact) mass is 344 g/mol. The molecule has 0 saturated carbocycles. The van der Waals surface area contributed by atoms with Gasteiger partial charge in [-0.05, 0) is 6.58 Å². The van der Waals surface area contributed by atoms with Crippen molar-refractivity contribution in [3.8, 4) is 0 Å². The highest BCUT2D eigenvalue weighted by Gasteiger charge is 2.46. The van der Waals surface area contributed by atoms with Crippen LogP contribution in [0.1, 0.15) is 0 Å². The molecular formula is C12H28N2O9. The first-order valence-corrected chi connectivity index (χ1v) is 6.24. The third kappa shape index (κ3) is 7.92. The molecule has 0 aromatic heterocycles. The third-order valence-corrected chi connectivity index (χ3v) is 3.15. The van der Waals surface area contributed by atoms with Gasteiger partial charge in [0, 0.05) is 0 Å². The number of carbonyl (C=O) groups excluding carboxylic acids is 1. The van der Waals surface area contributed by atoms with Gasteiger partial charge in [0.2, 0.25) is 0 Å². The van der Waals surface area contributed by atoms with Gasteiger partial charge in [-0.1, -0.05) is 0 Å². The zero-order valence-electron chi connectivity index (χ0n) is 12.9. The Morgan fingerprint density at radius 2 is 1.43 bits per heavy atom. The molecule has 2 rings (SSSR count). The average molecular weight is 344 g/mol. The maximum atomic E-state index is 9.03. The van der Waals surface area contributed by atoms with E-state index >= 15 is 0 Å². The van der Waals surface area contributed by atoms with Crippen LogP contribution in [0.25, 0.3) is 0 Å². The molecule has 2 saturated heterocycles. The van der Waals surface area contributed by atoms with Crippen molar-refractivity contribution in [3.05, 3.63) is 6.58 Å². The molecule has 0 unspecified atom stereocenters. The average Bonchev–Trinajstić information content (AvgIpc) is 3.08. The Labute approximate surface area is 134 Å². The van der Waals surface area contributed by atoms with Crippen molar-refractivity contribution in [1.82, 2.24) is 4.90 Å². The standard InChI is InChI=1S/C6H11NO3.C4H11NO3.C2H2O.2H2O/c8-1-6-2-9-4-7(6)5-10-3-6;5-4(1-6,2-7)3-8;1-2-3;;/h8H,1-5H2;6-8H,1-3,5H2;1H2;2*1H2. The van der Waals surface area contributed by atoms with Crippen molar-refractivity contribution in [2.45, 2.75) is 11.1 Å². The van der Waals surface area contributed by atoms with Crippen LogP contribution in [0.5, 0.6) is 0 Å². The molecule has 0 amide bonds. The van der Waals surface area contributed by atoms with E-state index in [9.17, 15) is 0 Å². The Kier molecular flexibility index (Phi) is 15.8. The molecular weight excluding hydrogens is 316 g/mol. The van der Waals surface area contributed by atoms with Gasteiger partial charge >= 0.3 is 0 Å². The number of fused-ring (bicyclic) bond motifs is 1. The summed E-state index contributed by atoms with van der Waals surface area (Å²) in [6.07, 6.45) is 0. The quantitative estimate of drug-likeness (QED) is 0.309. The maximum Gasteiger partial charge on any atom is 0.116 e. The minimum atomic E-state index is -1.21. The summed E-state index contributed by atoms with van der Waals surface area (Å²) >= 11 is 0. The molecule has 0 atom stereocenters. The van der Waals surface area contributed by atoms with E-state index in [1.807, 2.05) is 4.90 Å². The molecule has 2 heterocycles. The minimum Gasteiger partial charge on any atom is -0.412 e. The van der Waals surface area contributed by atoms with Crippen LogP contribution in [0.3, 0.4) is 0 Å². The van der Waals surface area contributed by atoms with Gasteiger partial charge in [-0.25, -0.2) is 9.69 Å². The second-order valence-corrected chi connectivity index (χ2v) is 4.86. The lowest BCUT2D eigenvalue weighted by Gasteiger charge is -2.23. The van der Waals surface area contributed by atoms with Gasteiger partial charge in [-0.2, -0.15) is 0 Å². The molecule has 11 nitrogen and oxygen atoms in total. The molecule has 10 N–H and O–H groups in total. The highest BCUT2D eigenvalue weighted by Crippen LogP contribution is 2.27. The minimum absolute atomic E-state index is 0. The van der Waals surface area contributed by atoms with Gasteiger partial charge < -0.3 is 46.6 Å². The second kappa shape index (κ2) is 13.5. The number of nitrogens with two attached hydrogens (primary N) is 1. The molecule has 0 aliphatic carbocycles. The number of aliphatic hydroxyl groups excluding tert-OH is 4. The molecule has 0 radical (unpaired) electrons. The highest BCUT2D eigenvalue weighted by atomic mass is 16.6. The lowest BCUT2D eigenvalue weighted by Crippen LogP contribution is -2.50. The van der Waals surface area contributed by atoms with Crippen molar-refractivity contribution < 1.29 is 45.6 Å². The maximum absolute atomic E-state index is 9.03. The van der Waals surface area contributed by atoms with Gasteiger partial charge in [-0.15, -0.1) is 0 Å². The highest BCUT2D eigenvalue weighted by molar-refractivity contribution is 5.38. The summed E-state index contributed by atoms with van der Waals surface area (Å²) in [6.45, 7) is 4.00. The van der Waals surface area contributed by atoms with E-state index in [4.69, 9.17) is 40.4 Å². The Hall–Kier alpha value is -0.950. The summed E-state index contributed by atoms with van der Waals surface area (Å²) in [4.78, 5) is 10.6. The van der Waals surface area contributed by atoms with Gasteiger partial charge in [-0.3, -0.25) is 0 Å². The molecule has 0 bridgehead atoms. The van der Waals surface area contributed by atoms with Crippen molar-refractivity contribution in [1.29, 1.82) is 0 Å². The summed E-state index contributed by atoms with van der Waals surface area (Å²) in [5.74, 6) is 1.25. The van der Waals surface area contributed by atoms with E-state index in [0.717, 1.165) is 0 Å². The fourth-order valence-electron chi connectivity index (χ4n) is 1.57. The van der Waals surface area contributed by atoms with Crippen LogP contribution < -0.4 is 5.73 Å². The van der Waals surface area contributed by atoms with Gasteiger partial charge in [0.25, 0.3) is 0 Å². The van der Waals surface area contributed by atoms with Gasteiger partial charge in [0.05, 0.1) is 50.7 Å². The largest absolute Gasteiger partial charge is 0.412 e. The first kappa shape index (κ1) is 26.9. The van der Waals surface area contributed by atoms with Crippen LogP contribution in [-0.2, 0) is 14.3 Å². The molecule has 140 valence electrons. The molecule has 0 aromatic carbocycles. The summed E-state index contributed by atoms with van der Waals surface area (Å²) in [7, 11) is 0. The topological polar surface area (TPSA) is 209 Å². The first-order valence-electron chi connectivity index (χ1n) is 6.24. The number of hydrogen-bond acceptors (Lipinski definition) is 9. The van der Waals surface area contributed by atoms with Gasteiger partial charge in [0.1, 0.15) is 19.4 Å². The molecule has 0 aromatic rings. The summed E-state index contributed by atoms with van der Waals surface area (Å²) in [5, 5.41) is 34.0. The predicted molar refractivity (Wildman–Crippen MR) is 80.0 cm³/mol. The molecule has 11 heteroatoms. The molecule has 2 aliphatic rings. The number of aliphatic hydroxyl groups is 4. The first-order chi connectivity index (χ1) is 9.97. The Morgan fingerprint density at radius 1 is 1.09 bits per heavy atom. The smallest absolute Gasteiger partial charge is 0.116 e. The SMILES string of the molecule is C=C=O.NC(CO)(CO)CO.O.O.OCC12COCN1COC2. The molecule has 0 spiro atoms. The van der Waals surface area contributed by atoms with Crippen LogP contribution in [0, 0.1) is 0 Å². The molecule has 2 fully saturated rings. The van der Waals surface area contributed by atoms with Gasteiger partial charge in [0.15, 0.2) is 0 Å². The normalized spacial score (nSPS) is 18.0. The van der Waals surface area contributed by atoms with E-state index in [1.165, 1.54) is 5.94 Å². The van der Waals surface area contributed by atoms with Crippen LogP contribution in [0.15, 0.2) is 6.58 Å². The number of ether oxygens (including phenoxy) is 2. The fraction of sp³-hybridized carbons (Fsp3) is 0.833. The van der Waals surface area contributed by atoms with E-state index < -0.39 is 25.4 Å². The van der Waals surface area contributed by atoms with Crippen molar-refractivity contribution >= 4 is 5.94 Å². The van der Waals surface area contributed by atoms with Crippen LogP contribution in [0.2, 0.25) is 0 Å². The number of rotatable bonds is 4. The summed E-state index contributed by atoms with van der Waals surface area (Å²) in [5.41, 5.74) is 3.73. The number of hydrogen-bond donors (Lipinski definition) is 5. The zero-order chi connectivity index (χ0) is 16.4. The predicted octanol–water partition coefficient (Wildman–Crippen LogP) is -4.99. The Balaban J connectivity index is -0.000000283. The fourth-order valence-corrected chi connectivity index (χ4v) is 1.57. The van der Waals surface area contributed by atoms with Crippen molar-refractivity contribution in [3.63, 3.8) is 0 Å². The zero-order valence-corrected chi connectivity index (χ0v) is 12.9. The van der Waals surface area contributed by atoms with Crippen molar-refractivity contribution in [2.75, 3.05) is 53.1 Å². The van der Waals surface area contributed by atoms with E-state index in [0.29, 0.717) is 26.7 Å².